The zero-order valence-electron chi connectivity index (χ0n) is 10.3. The number of nitrogens with zero attached hydrogens (tertiary/aromatic N) is 3. The highest BCUT2D eigenvalue weighted by atomic mass is 32.2. The van der Waals surface area contributed by atoms with Crippen LogP contribution in [0.25, 0.3) is 10.7 Å². The molecule has 0 aliphatic carbocycles. The van der Waals surface area contributed by atoms with E-state index in [2.05, 4.69) is 21.4 Å². The zero-order valence-corrected chi connectivity index (χ0v) is 11.9. The molecular formula is C12H12N4OS2. The van der Waals surface area contributed by atoms with Crippen LogP contribution < -0.4 is 5.32 Å². The number of nitrogens with one attached hydrogen (secondary N) is 1. The van der Waals surface area contributed by atoms with Gasteiger partial charge in [0.25, 0.3) is 0 Å². The van der Waals surface area contributed by atoms with Gasteiger partial charge in [-0.2, -0.15) is 0 Å². The molecule has 2 aromatic heterocycles. The molecule has 0 aliphatic heterocycles. The topological polar surface area (TPSA) is 59.8 Å². The minimum absolute atomic E-state index is 0.108. The molecule has 0 spiro atoms. The van der Waals surface area contributed by atoms with Crippen molar-refractivity contribution in [3.63, 3.8) is 0 Å². The Kier molecular flexibility index (Phi) is 4.60. The maximum absolute atomic E-state index is 11.4. The predicted octanol–water partition coefficient (Wildman–Crippen LogP) is 1.39. The highest BCUT2D eigenvalue weighted by Gasteiger charge is 2.13. The Morgan fingerprint density at radius 2 is 2.47 bits per heavy atom. The largest absolute Gasteiger partial charge is 0.344 e. The minimum Gasteiger partial charge on any atom is -0.344 e. The number of terminal acetylenes is 1. The summed E-state index contributed by atoms with van der Waals surface area (Å²) in [5.41, 5.74) is 0. The summed E-state index contributed by atoms with van der Waals surface area (Å²) in [6.45, 7) is 0.249. The number of hydrogen-bond donors (Lipinski definition) is 1. The van der Waals surface area contributed by atoms with E-state index < -0.39 is 0 Å². The fraction of sp³-hybridized carbons (Fsp3) is 0.250. The number of hydrogen-bond acceptors (Lipinski definition) is 5. The molecule has 0 radical (unpaired) electrons. The fourth-order valence-corrected chi connectivity index (χ4v) is 2.88. The van der Waals surface area contributed by atoms with Crippen LogP contribution in [0.2, 0.25) is 0 Å². The molecule has 0 saturated carbocycles. The lowest BCUT2D eigenvalue weighted by Crippen LogP contribution is -2.25. The molecule has 0 unspecified atom stereocenters. The van der Waals surface area contributed by atoms with Crippen LogP contribution in [-0.2, 0) is 11.8 Å². The van der Waals surface area contributed by atoms with Gasteiger partial charge < -0.3 is 9.88 Å². The lowest BCUT2D eigenvalue weighted by molar-refractivity contribution is -0.118. The molecule has 98 valence electrons. The summed E-state index contributed by atoms with van der Waals surface area (Å²) in [6, 6.07) is 3.96. The van der Waals surface area contributed by atoms with Gasteiger partial charge in [0.05, 0.1) is 17.2 Å². The first-order valence-corrected chi connectivity index (χ1v) is 7.35. The van der Waals surface area contributed by atoms with E-state index in [1.165, 1.54) is 11.8 Å². The van der Waals surface area contributed by atoms with Gasteiger partial charge in [0.2, 0.25) is 5.91 Å². The Morgan fingerprint density at radius 3 is 3.16 bits per heavy atom. The average Bonchev–Trinajstić information content (AvgIpc) is 3.03. The SMILES string of the molecule is C#CCNC(=O)CSc1nnc(-c2cccs2)n1C. The molecule has 0 fully saturated rings. The molecule has 2 aromatic rings. The third kappa shape index (κ3) is 3.36. The molecule has 0 aromatic carbocycles. The van der Waals surface area contributed by atoms with Crippen molar-refractivity contribution in [1.82, 2.24) is 20.1 Å². The molecule has 2 rings (SSSR count). The van der Waals surface area contributed by atoms with Gasteiger partial charge in [-0.1, -0.05) is 23.7 Å². The molecule has 0 saturated heterocycles. The van der Waals surface area contributed by atoms with E-state index in [9.17, 15) is 4.79 Å². The maximum atomic E-state index is 11.4. The van der Waals surface area contributed by atoms with Crippen molar-refractivity contribution in [1.29, 1.82) is 0 Å². The molecule has 0 atom stereocenters. The molecule has 0 aliphatic rings. The molecular weight excluding hydrogens is 280 g/mol. The van der Waals surface area contributed by atoms with Crippen LogP contribution in [0.3, 0.4) is 0 Å². The molecule has 2 heterocycles. The van der Waals surface area contributed by atoms with Crippen LogP contribution in [0.5, 0.6) is 0 Å². The van der Waals surface area contributed by atoms with Gasteiger partial charge in [-0.25, -0.2) is 0 Å². The fourth-order valence-electron chi connectivity index (χ4n) is 1.39. The molecule has 5 nitrogen and oxygen atoms in total. The quantitative estimate of drug-likeness (QED) is 0.668. The van der Waals surface area contributed by atoms with Crippen LogP contribution in [0.15, 0.2) is 22.7 Å². The van der Waals surface area contributed by atoms with Gasteiger partial charge in [-0.05, 0) is 11.4 Å². The van der Waals surface area contributed by atoms with Gasteiger partial charge in [-0.3, -0.25) is 4.79 Å². The minimum atomic E-state index is -0.108. The number of carbonyl (C=O) groups is 1. The van der Waals surface area contributed by atoms with E-state index in [0.717, 1.165) is 10.7 Å². The third-order valence-electron chi connectivity index (χ3n) is 2.30. The standard InChI is InChI=1S/C12H12N4OS2/c1-3-6-13-10(17)8-19-12-15-14-11(16(12)2)9-5-4-7-18-9/h1,4-5,7H,6,8H2,2H3,(H,13,17). The molecule has 1 amide bonds. The average molecular weight is 292 g/mol. The van der Waals surface area contributed by atoms with Crippen molar-refractivity contribution in [3.05, 3.63) is 17.5 Å². The summed E-state index contributed by atoms with van der Waals surface area (Å²) >= 11 is 2.94. The number of thiophene rings is 1. The second kappa shape index (κ2) is 6.41. The first kappa shape index (κ1) is 13.6. The van der Waals surface area contributed by atoms with E-state index in [1.807, 2.05) is 29.1 Å². The highest BCUT2D eigenvalue weighted by Crippen LogP contribution is 2.25. The van der Waals surface area contributed by atoms with Crippen molar-refractivity contribution < 1.29 is 4.79 Å². The number of thioether (sulfide) groups is 1. The predicted molar refractivity (Wildman–Crippen MR) is 76.9 cm³/mol. The molecule has 7 heteroatoms. The van der Waals surface area contributed by atoms with E-state index in [-0.39, 0.29) is 18.2 Å². The summed E-state index contributed by atoms with van der Waals surface area (Å²) < 4.78 is 1.88. The van der Waals surface area contributed by atoms with E-state index in [1.54, 1.807) is 11.3 Å². The van der Waals surface area contributed by atoms with Gasteiger partial charge in [0.15, 0.2) is 11.0 Å². The van der Waals surface area contributed by atoms with Crippen LogP contribution in [0.4, 0.5) is 0 Å². The Labute approximate surface area is 119 Å². The van der Waals surface area contributed by atoms with Crippen molar-refractivity contribution in [2.45, 2.75) is 5.16 Å². The van der Waals surface area contributed by atoms with E-state index >= 15 is 0 Å². The Morgan fingerprint density at radius 1 is 1.63 bits per heavy atom. The van der Waals surface area contributed by atoms with Crippen LogP contribution in [0.1, 0.15) is 0 Å². The summed E-state index contributed by atoms with van der Waals surface area (Å²) in [4.78, 5) is 12.5. The zero-order chi connectivity index (χ0) is 13.7. The lowest BCUT2D eigenvalue weighted by Gasteiger charge is -2.02. The summed E-state index contributed by atoms with van der Waals surface area (Å²) in [6.07, 6.45) is 5.07. The van der Waals surface area contributed by atoms with Crippen molar-refractivity contribution >= 4 is 29.0 Å². The molecule has 0 bridgehead atoms. The first-order chi connectivity index (χ1) is 9.22. The summed E-state index contributed by atoms with van der Waals surface area (Å²) in [5, 5.41) is 13.5. The molecule has 1 N–H and O–H groups in total. The van der Waals surface area contributed by atoms with Crippen LogP contribution in [0, 0.1) is 12.3 Å². The second-order valence-electron chi connectivity index (χ2n) is 3.61. The Hall–Kier alpha value is -1.78. The van der Waals surface area contributed by atoms with Crippen molar-refractivity contribution in [3.8, 4) is 23.0 Å². The lowest BCUT2D eigenvalue weighted by atomic mass is 10.4. The maximum Gasteiger partial charge on any atom is 0.231 e. The number of aromatic nitrogens is 3. The normalized spacial score (nSPS) is 10.1. The van der Waals surface area contributed by atoms with Gasteiger partial charge >= 0.3 is 0 Å². The van der Waals surface area contributed by atoms with Gasteiger partial charge in [0.1, 0.15) is 0 Å². The smallest absolute Gasteiger partial charge is 0.231 e. The Balaban J connectivity index is 1.99. The first-order valence-electron chi connectivity index (χ1n) is 5.48. The monoisotopic (exact) mass is 292 g/mol. The van der Waals surface area contributed by atoms with Crippen LogP contribution in [-0.4, -0.2) is 33.0 Å². The second-order valence-corrected chi connectivity index (χ2v) is 5.50. The van der Waals surface area contributed by atoms with Crippen LogP contribution >= 0.6 is 23.1 Å². The van der Waals surface area contributed by atoms with E-state index in [4.69, 9.17) is 6.42 Å². The summed E-state index contributed by atoms with van der Waals surface area (Å²) in [5.74, 6) is 3.33. The number of amides is 1. The number of carbonyl (C=O) groups excluding carboxylic acids is 1. The number of rotatable bonds is 5. The van der Waals surface area contributed by atoms with Crippen molar-refractivity contribution in [2.75, 3.05) is 12.3 Å². The summed E-state index contributed by atoms with van der Waals surface area (Å²) in [7, 11) is 1.89. The highest BCUT2D eigenvalue weighted by molar-refractivity contribution is 7.99. The van der Waals surface area contributed by atoms with Gasteiger partial charge in [0, 0.05) is 7.05 Å². The Bertz CT molecular complexity index is 598. The van der Waals surface area contributed by atoms with E-state index in [0.29, 0.717) is 5.16 Å². The third-order valence-corrected chi connectivity index (χ3v) is 4.18. The molecule has 19 heavy (non-hydrogen) atoms. The van der Waals surface area contributed by atoms with Gasteiger partial charge in [-0.15, -0.1) is 28.0 Å². The van der Waals surface area contributed by atoms with Crippen molar-refractivity contribution in [2.24, 2.45) is 7.05 Å².